The summed E-state index contributed by atoms with van der Waals surface area (Å²) in [6, 6.07) is 20.7. The first-order chi connectivity index (χ1) is 13.1. The minimum absolute atomic E-state index is 0.123. The van der Waals surface area contributed by atoms with E-state index in [0.29, 0.717) is 15.6 Å². The molecule has 0 radical (unpaired) electrons. The number of aromatic amines is 1. The number of nitrogens with one attached hydrogen (secondary N) is 1. The highest BCUT2D eigenvalue weighted by atomic mass is 32.2. The summed E-state index contributed by atoms with van der Waals surface area (Å²) in [6.07, 6.45) is 0. The van der Waals surface area contributed by atoms with Gasteiger partial charge in [0.1, 0.15) is 0 Å². The Bertz CT molecular complexity index is 1120. The van der Waals surface area contributed by atoms with Crippen molar-refractivity contribution in [2.45, 2.75) is 10.1 Å². The van der Waals surface area contributed by atoms with Crippen LogP contribution in [-0.4, -0.2) is 20.7 Å². The van der Waals surface area contributed by atoms with Gasteiger partial charge in [0.25, 0.3) is 5.69 Å². The third-order valence-corrected chi connectivity index (χ3v) is 4.98. The van der Waals surface area contributed by atoms with Gasteiger partial charge in [-0.2, -0.15) is 0 Å². The van der Waals surface area contributed by atoms with Crippen molar-refractivity contribution in [1.29, 1.82) is 0 Å². The molecule has 0 aliphatic heterocycles. The molecule has 3 aromatic carbocycles. The van der Waals surface area contributed by atoms with Crippen molar-refractivity contribution in [3.8, 4) is 0 Å². The quantitative estimate of drug-likeness (QED) is 0.306. The summed E-state index contributed by atoms with van der Waals surface area (Å²) >= 11 is 1.16. The van der Waals surface area contributed by atoms with Crippen molar-refractivity contribution < 1.29 is 9.72 Å². The maximum Gasteiger partial charge on any atom is 0.284 e. The molecule has 1 heterocycles. The number of nitrogens with zero attached hydrogens (tertiary/aromatic N) is 2. The Labute approximate surface area is 158 Å². The molecule has 0 unspecified atom stereocenters. The number of carbonyl (C=O) groups excluding carboxylic acids is 1. The Balaban J connectivity index is 1.69. The molecule has 4 aromatic rings. The molecular weight excluding hydrogens is 362 g/mol. The van der Waals surface area contributed by atoms with Crippen molar-refractivity contribution in [3.05, 3.63) is 94.0 Å². The molecule has 0 aliphatic carbocycles. The van der Waals surface area contributed by atoms with Crippen molar-refractivity contribution in [2.24, 2.45) is 0 Å². The van der Waals surface area contributed by atoms with Crippen molar-refractivity contribution in [1.82, 2.24) is 9.97 Å². The maximum atomic E-state index is 12.6. The highest BCUT2D eigenvalue weighted by Crippen LogP contribution is 2.35. The van der Waals surface area contributed by atoms with Crippen LogP contribution in [0.5, 0.6) is 0 Å². The van der Waals surface area contributed by atoms with Crippen LogP contribution in [0.4, 0.5) is 5.69 Å². The van der Waals surface area contributed by atoms with E-state index in [-0.39, 0.29) is 17.0 Å². The third-order valence-electron chi connectivity index (χ3n) is 4.03. The number of hydrogen-bond donors (Lipinski definition) is 1. The predicted molar refractivity (Wildman–Crippen MR) is 103 cm³/mol. The van der Waals surface area contributed by atoms with Gasteiger partial charge < -0.3 is 4.98 Å². The predicted octanol–water partition coefficient (Wildman–Crippen LogP) is 4.85. The zero-order chi connectivity index (χ0) is 18.8. The lowest BCUT2D eigenvalue weighted by molar-refractivity contribution is -0.387. The molecule has 1 aromatic heterocycles. The summed E-state index contributed by atoms with van der Waals surface area (Å²) in [4.78, 5) is 31.6. The molecule has 27 heavy (non-hydrogen) atoms. The van der Waals surface area contributed by atoms with Crippen molar-refractivity contribution in [2.75, 3.05) is 0 Å². The Morgan fingerprint density at radius 2 is 1.70 bits per heavy atom. The molecular formula is C20H13N3O3S. The summed E-state index contributed by atoms with van der Waals surface area (Å²) in [5.41, 5.74) is 2.30. The Morgan fingerprint density at radius 1 is 0.963 bits per heavy atom. The molecule has 7 heteroatoms. The van der Waals surface area contributed by atoms with Gasteiger partial charge in [-0.3, -0.25) is 14.9 Å². The number of ketones is 1. The Kier molecular flexibility index (Phi) is 4.43. The number of imidazole rings is 1. The number of benzene rings is 3. The second kappa shape index (κ2) is 7.05. The highest BCUT2D eigenvalue weighted by molar-refractivity contribution is 7.99. The largest absolute Gasteiger partial charge is 0.333 e. The highest BCUT2D eigenvalue weighted by Gasteiger charge is 2.20. The second-order valence-corrected chi connectivity index (χ2v) is 6.83. The number of hydrogen-bond acceptors (Lipinski definition) is 5. The van der Waals surface area contributed by atoms with Gasteiger partial charge in [-0.1, -0.05) is 42.5 Å². The van der Waals surface area contributed by atoms with E-state index in [2.05, 4.69) is 9.97 Å². The zero-order valence-electron chi connectivity index (χ0n) is 14.0. The minimum Gasteiger partial charge on any atom is -0.333 e. The van der Waals surface area contributed by atoms with E-state index >= 15 is 0 Å². The molecule has 132 valence electrons. The summed E-state index contributed by atoms with van der Waals surface area (Å²) in [7, 11) is 0. The Morgan fingerprint density at radius 3 is 2.44 bits per heavy atom. The number of aromatic nitrogens is 2. The van der Waals surface area contributed by atoms with Crippen LogP contribution in [0.2, 0.25) is 0 Å². The van der Waals surface area contributed by atoms with E-state index < -0.39 is 4.92 Å². The van der Waals surface area contributed by atoms with Crippen LogP contribution in [-0.2, 0) is 0 Å². The normalized spacial score (nSPS) is 10.8. The average molecular weight is 375 g/mol. The van der Waals surface area contributed by atoms with Crippen molar-refractivity contribution in [3.63, 3.8) is 0 Å². The third kappa shape index (κ3) is 3.45. The first-order valence-electron chi connectivity index (χ1n) is 8.12. The SMILES string of the molecule is O=C(c1ccccc1)c1ccc(Sc2nc3ccccc3[nH]2)c([N+](=O)[O-])c1. The lowest BCUT2D eigenvalue weighted by Crippen LogP contribution is -2.02. The van der Waals surface area contributed by atoms with Gasteiger partial charge in [0, 0.05) is 17.2 Å². The number of nitro groups is 1. The fourth-order valence-corrected chi connectivity index (χ4v) is 3.61. The fourth-order valence-electron chi connectivity index (χ4n) is 2.73. The topological polar surface area (TPSA) is 88.9 Å². The molecule has 0 saturated heterocycles. The van der Waals surface area contributed by atoms with Crippen LogP contribution >= 0.6 is 11.8 Å². The molecule has 0 atom stereocenters. The molecule has 1 N–H and O–H groups in total. The Hall–Kier alpha value is -3.45. The average Bonchev–Trinajstić information content (AvgIpc) is 3.10. The number of carbonyl (C=O) groups is 1. The molecule has 6 nitrogen and oxygen atoms in total. The molecule has 0 saturated carbocycles. The molecule has 0 spiro atoms. The van der Waals surface area contributed by atoms with Gasteiger partial charge in [0.2, 0.25) is 0 Å². The molecule has 0 bridgehead atoms. The van der Waals surface area contributed by atoms with E-state index in [1.54, 1.807) is 36.4 Å². The van der Waals surface area contributed by atoms with E-state index in [4.69, 9.17) is 0 Å². The van der Waals surface area contributed by atoms with Gasteiger partial charge in [0.15, 0.2) is 10.9 Å². The van der Waals surface area contributed by atoms with E-state index in [0.717, 1.165) is 22.8 Å². The van der Waals surface area contributed by atoms with Crippen LogP contribution in [0.3, 0.4) is 0 Å². The van der Waals surface area contributed by atoms with E-state index in [9.17, 15) is 14.9 Å². The fraction of sp³-hybridized carbons (Fsp3) is 0. The minimum atomic E-state index is -0.479. The number of rotatable bonds is 5. The van der Waals surface area contributed by atoms with E-state index in [1.165, 1.54) is 6.07 Å². The maximum absolute atomic E-state index is 12.6. The summed E-state index contributed by atoms with van der Waals surface area (Å²) in [5.74, 6) is -0.251. The number of para-hydroxylation sites is 2. The van der Waals surface area contributed by atoms with Crippen molar-refractivity contribution >= 4 is 34.3 Å². The number of H-pyrrole nitrogens is 1. The number of nitro benzene ring substituents is 1. The van der Waals surface area contributed by atoms with Gasteiger partial charge in [-0.15, -0.1) is 0 Å². The van der Waals surface area contributed by atoms with Gasteiger partial charge >= 0.3 is 0 Å². The van der Waals surface area contributed by atoms with Gasteiger partial charge in [-0.05, 0) is 36.0 Å². The van der Waals surface area contributed by atoms with Gasteiger partial charge in [0.05, 0.1) is 20.9 Å². The second-order valence-electron chi connectivity index (χ2n) is 5.80. The lowest BCUT2D eigenvalue weighted by Gasteiger charge is -2.04. The first kappa shape index (κ1) is 17.0. The lowest BCUT2D eigenvalue weighted by atomic mass is 10.0. The molecule has 0 amide bonds. The summed E-state index contributed by atoms with van der Waals surface area (Å²) in [6.45, 7) is 0. The van der Waals surface area contributed by atoms with Crippen LogP contribution < -0.4 is 0 Å². The molecule has 0 fully saturated rings. The molecule has 4 rings (SSSR count). The van der Waals surface area contributed by atoms with E-state index in [1.807, 2.05) is 30.3 Å². The van der Waals surface area contributed by atoms with Gasteiger partial charge in [-0.25, -0.2) is 4.98 Å². The van der Waals surface area contributed by atoms with Crippen LogP contribution in [0, 0.1) is 10.1 Å². The first-order valence-corrected chi connectivity index (χ1v) is 8.94. The monoisotopic (exact) mass is 375 g/mol. The van der Waals surface area contributed by atoms with Crippen LogP contribution in [0.1, 0.15) is 15.9 Å². The number of fused-ring (bicyclic) bond motifs is 1. The molecule has 0 aliphatic rings. The zero-order valence-corrected chi connectivity index (χ0v) is 14.8. The van der Waals surface area contributed by atoms with Crippen LogP contribution in [0.25, 0.3) is 11.0 Å². The van der Waals surface area contributed by atoms with Crippen LogP contribution in [0.15, 0.2) is 82.8 Å². The summed E-state index contributed by atoms with van der Waals surface area (Å²) < 4.78 is 0. The summed E-state index contributed by atoms with van der Waals surface area (Å²) in [5, 5.41) is 12.1. The standard InChI is InChI=1S/C20H13N3O3S/c24-19(13-6-2-1-3-7-13)14-10-11-18(17(12-14)23(25)26)27-20-21-15-8-4-5-9-16(15)22-20/h1-12H,(H,21,22). The smallest absolute Gasteiger partial charge is 0.284 e.